The summed E-state index contributed by atoms with van der Waals surface area (Å²) in [7, 11) is 0. The molecule has 0 aliphatic heterocycles. The number of rotatable bonds is 3. The van der Waals surface area contributed by atoms with Gasteiger partial charge < -0.3 is 11.5 Å². The summed E-state index contributed by atoms with van der Waals surface area (Å²) in [5.41, 5.74) is 12.4. The van der Waals surface area contributed by atoms with Crippen LogP contribution >= 0.6 is 0 Å². The summed E-state index contributed by atoms with van der Waals surface area (Å²) in [5, 5.41) is 0. The average Bonchev–Trinajstić information content (AvgIpc) is 2.39. The van der Waals surface area contributed by atoms with Crippen molar-refractivity contribution >= 4 is 11.8 Å². The van der Waals surface area contributed by atoms with Gasteiger partial charge in [0.05, 0.1) is 0 Å². The number of carbonyl (C=O) groups is 2. The van der Waals surface area contributed by atoms with Crippen LogP contribution in [0.2, 0.25) is 0 Å². The lowest BCUT2D eigenvalue weighted by Crippen LogP contribution is -2.14. The number of nitrogens with two attached hydrogens (primary N) is 2. The van der Waals surface area contributed by atoms with Crippen molar-refractivity contribution in [3.8, 4) is 11.1 Å². The molecular formula is C13H11N3O2. The molecule has 18 heavy (non-hydrogen) atoms. The number of primary amides is 2. The number of carbonyl (C=O) groups excluding carboxylic acids is 2. The van der Waals surface area contributed by atoms with Crippen LogP contribution in [0.1, 0.15) is 20.8 Å². The number of amides is 2. The molecule has 2 amide bonds. The Morgan fingerprint density at radius 1 is 0.944 bits per heavy atom. The zero-order valence-corrected chi connectivity index (χ0v) is 9.46. The van der Waals surface area contributed by atoms with Crippen LogP contribution in [0.25, 0.3) is 11.1 Å². The van der Waals surface area contributed by atoms with Crippen LogP contribution < -0.4 is 11.5 Å². The fourth-order valence-electron chi connectivity index (χ4n) is 1.65. The molecule has 0 spiro atoms. The summed E-state index contributed by atoms with van der Waals surface area (Å²) in [6, 6.07) is 10.0. The van der Waals surface area contributed by atoms with Gasteiger partial charge in [0.2, 0.25) is 5.91 Å². The third-order valence-electron chi connectivity index (χ3n) is 2.52. The summed E-state index contributed by atoms with van der Waals surface area (Å²) in [4.78, 5) is 26.2. The normalized spacial score (nSPS) is 10.0. The Bertz CT molecular complexity index is 606. The third kappa shape index (κ3) is 2.20. The van der Waals surface area contributed by atoms with Crippen molar-refractivity contribution in [2.24, 2.45) is 11.5 Å². The summed E-state index contributed by atoms with van der Waals surface area (Å²) in [6.45, 7) is 0. The predicted octanol–water partition coefficient (Wildman–Crippen LogP) is 0.946. The lowest BCUT2D eigenvalue weighted by atomic mass is 10.0. The van der Waals surface area contributed by atoms with E-state index in [2.05, 4.69) is 4.98 Å². The quantitative estimate of drug-likeness (QED) is 0.836. The van der Waals surface area contributed by atoms with Crippen LogP contribution in [-0.2, 0) is 0 Å². The van der Waals surface area contributed by atoms with E-state index in [4.69, 9.17) is 11.5 Å². The first-order chi connectivity index (χ1) is 8.59. The molecule has 90 valence electrons. The van der Waals surface area contributed by atoms with Crippen LogP contribution in [0.15, 0.2) is 42.6 Å². The van der Waals surface area contributed by atoms with E-state index < -0.39 is 11.8 Å². The van der Waals surface area contributed by atoms with Crippen LogP contribution in [0, 0.1) is 0 Å². The molecule has 0 atom stereocenters. The Kier molecular flexibility index (Phi) is 3.05. The zero-order chi connectivity index (χ0) is 13.1. The van der Waals surface area contributed by atoms with E-state index in [1.807, 2.05) is 0 Å². The van der Waals surface area contributed by atoms with Crippen molar-refractivity contribution in [1.82, 2.24) is 4.98 Å². The van der Waals surface area contributed by atoms with Crippen LogP contribution in [-0.4, -0.2) is 16.8 Å². The first-order valence-electron chi connectivity index (χ1n) is 5.24. The molecule has 0 saturated heterocycles. The minimum absolute atomic E-state index is 0.198. The van der Waals surface area contributed by atoms with E-state index in [-0.39, 0.29) is 5.69 Å². The van der Waals surface area contributed by atoms with E-state index in [1.165, 1.54) is 6.20 Å². The molecule has 1 aromatic carbocycles. The molecule has 5 heteroatoms. The second-order valence-electron chi connectivity index (χ2n) is 3.71. The molecule has 1 aromatic heterocycles. The second kappa shape index (κ2) is 4.67. The minimum atomic E-state index is -0.593. The minimum Gasteiger partial charge on any atom is -0.366 e. The maximum absolute atomic E-state index is 11.3. The van der Waals surface area contributed by atoms with Crippen molar-refractivity contribution in [2.75, 3.05) is 0 Å². The number of nitrogens with zero attached hydrogens (tertiary/aromatic N) is 1. The van der Waals surface area contributed by atoms with Gasteiger partial charge in [0.25, 0.3) is 5.91 Å². The molecule has 1 heterocycles. The molecule has 4 N–H and O–H groups in total. The molecule has 0 fully saturated rings. The van der Waals surface area contributed by atoms with Gasteiger partial charge in [-0.3, -0.25) is 14.6 Å². The maximum Gasteiger partial charge on any atom is 0.267 e. The van der Waals surface area contributed by atoms with E-state index in [1.54, 1.807) is 36.4 Å². The predicted molar refractivity (Wildman–Crippen MR) is 66.7 cm³/mol. The maximum atomic E-state index is 11.3. The van der Waals surface area contributed by atoms with Gasteiger partial charge in [0, 0.05) is 17.3 Å². The molecule has 0 aliphatic carbocycles. The first kappa shape index (κ1) is 11.8. The molecule has 0 saturated carbocycles. The smallest absolute Gasteiger partial charge is 0.267 e. The number of hydrogen-bond donors (Lipinski definition) is 2. The van der Waals surface area contributed by atoms with Crippen molar-refractivity contribution < 1.29 is 9.59 Å². The van der Waals surface area contributed by atoms with Gasteiger partial charge in [0.15, 0.2) is 0 Å². The Morgan fingerprint density at radius 2 is 1.61 bits per heavy atom. The van der Waals surface area contributed by atoms with Gasteiger partial charge in [-0.05, 0) is 23.8 Å². The van der Waals surface area contributed by atoms with Gasteiger partial charge in [-0.1, -0.05) is 18.2 Å². The molecule has 2 aromatic rings. The molecule has 0 aliphatic rings. The molecule has 0 radical (unpaired) electrons. The van der Waals surface area contributed by atoms with E-state index in [9.17, 15) is 9.59 Å². The van der Waals surface area contributed by atoms with Crippen molar-refractivity contribution in [3.05, 3.63) is 53.9 Å². The van der Waals surface area contributed by atoms with Gasteiger partial charge in [-0.25, -0.2) is 0 Å². The Labute approximate surface area is 103 Å². The molecular weight excluding hydrogens is 230 g/mol. The van der Waals surface area contributed by atoms with Gasteiger partial charge in [0.1, 0.15) is 5.69 Å². The number of hydrogen-bond acceptors (Lipinski definition) is 3. The Morgan fingerprint density at radius 3 is 2.17 bits per heavy atom. The average molecular weight is 241 g/mol. The van der Waals surface area contributed by atoms with Crippen LogP contribution in [0.5, 0.6) is 0 Å². The SMILES string of the molecule is NC(=O)c1ccc(-c2cccnc2C(N)=O)cc1. The van der Waals surface area contributed by atoms with Gasteiger partial charge in [-0.15, -0.1) is 0 Å². The summed E-state index contributed by atoms with van der Waals surface area (Å²) in [5.74, 6) is -1.09. The Balaban J connectivity index is 2.49. The number of benzene rings is 1. The fraction of sp³-hybridized carbons (Fsp3) is 0. The van der Waals surface area contributed by atoms with Crippen LogP contribution in [0.4, 0.5) is 0 Å². The monoisotopic (exact) mass is 241 g/mol. The second-order valence-corrected chi connectivity index (χ2v) is 3.71. The largest absolute Gasteiger partial charge is 0.366 e. The van der Waals surface area contributed by atoms with Crippen molar-refractivity contribution in [2.45, 2.75) is 0 Å². The fourth-order valence-corrected chi connectivity index (χ4v) is 1.65. The highest BCUT2D eigenvalue weighted by atomic mass is 16.1. The zero-order valence-electron chi connectivity index (χ0n) is 9.46. The van der Waals surface area contributed by atoms with Crippen molar-refractivity contribution in [1.29, 1.82) is 0 Å². The van der Waals surface area contributed by atoms with Gasteiger partial charge in [-0.2, -0.15) is 0 Å². The molecule has 5 nitrogen and oxygen atoms in total. The van der Waals surface area contributed by atoms with E-state index in [0.717, 1.165) is 5.56 Å². The Hall–Kier alpha value is -2.69. The number of pyridine rings is 1. The lowest BCUT2D eigenvalue weighted by molar-refractivity contribution is 0.0989. The third-order valence-corrected chi connectivity index (χ3v) is 2.52. The van der Waals surface area contributed by atoms with Crippen LogP contribution in [0.3, 0.4) is 0 Å². The van der Waals surface area contributed by atoms with E-state index >= 15 is 0 Å². The highest BCUT2D eigenvalue weighted by Gasteiger charge is 2.11. The molecule has 0 bridgehead atoms. The highest BCUT2D eigenvalue weighted by molar-refractivity contribution is 5.98. The number of aromatic nitrogens is 1. The standard InChI is InChI=1S/C13H11N3O2/c14-12(17)9-5-3-8(4-6-9)10-2-1-7-16-11(10)13(15)18/h1-7H,(H2,14,17)(H2,15,18). The van der Waals surface area contributed by atoms with E-state index in [0.29, 0.717) is 11.1 Å². The summed E-state index contributed by atoms with van der Waals surface area (Å²) >= 11 is 0. The van der Waals surface area contributed by atoms with Crippen molar-refractivity contribution in [3.63, 3.8) is 0 Å². The van der Waals surface area contributed by atoms with Gasteiger partial charge >= 0.3 is 0 Å². The molecule has 2 rings (SSSR count). The highest BCUT2D eigenvalue weighted by Crippen LogP contribution is 2.22. The summed E-state index contributed by atoms with van der Waals surface area (Å²) < 4.78 is 0. The summed E-state index contributed by atoms with van der Waals surface area (Å²) in [6.07, 6.45) is 1.50. The topological polar surface area (TPSA) is 99.1 Å². The lowest BCUT2D eigenvalue weighted by Gasteiger charge is -2.06. The molecule has 0 unspecified atom stereocenters. The first-order valence-corrected chi connectivity index (χ1v) is 5.24.